The van der Waals surface area contributed by atoms with E-state index in [0.29, 0.717) is 17.4 Å². The summed E-state index contributed by atoms with van der Waals surface area (Å²) in [4.78, 5) is 0. The number of nitrogens with zero attached hydrogens (tertiary/aromatic N) is 2. The van der Waals surface area contributed by atoms with Crippen LogP contribution in [0.15, 0.2) is 34.9 Å². The average Bonchev–Trinajstić information content (AvgIpc) is 2.76. The first kappa shape index (κ1) is 15.7. The number of hydrogen-bond donors (Lipinski definition) is 1. The van der Waals surface area contributed by atoms with Crippen molar-refractivity contribution in [2.75, 3.05) is 11.9 Å². The molecule has 0 aliphatic heterocycles. The molecule has 0 unspecified atom stereocenters. The maximum Gasteiger partial charge on any atom is 0.573 e. The second kappa shape index (κ2) is 6.38. The monoisotopic (exact) mass is 363 g/mol. The van der Waals surface area contributed by atoms with Crippen LogP contribution in [0.2, 0.25) is 0 Å². The number of anilines is 1. The van der Waals surface area contributed by atoms with E-state index in [1.54, 1.807) is 16.9 Å². The Kier molecular flexibility index (Phi) is 4.76. The molecule has 4 nitrogen and oxygen atoms in total. The molecule has 0 aliphatic rings. The first-order valence-electron chi connectivity index (χ1n) is 6.11. The summed E-state index contributed by atoms with van der Waals surface area (Å²) in [5.74, 6) is -0.262. The van der Waals surface area contributed by atoms with Crippen LogP contribution in [-0.2, 0) is 13.5 Å². The van der Waals surface area contributed by atoms with Crippen LogP contribution in [-0.4, -0.2) is 22.7 Å². The van der Waals surface area contributed by atoms with Gasteiger partial charge < -0.3 is 10.1 Å². The molecule has 2 rings (SSSR count). The van der Waals surface area contributed by atoms with Crippen LogP contribution < -0.4 is 10.1 Å². The summed E-state index contributed by atoms with van der Waals surface area (Å²) in [6, 6.07) is 6.32. The molecule has 21 heavy (non-hydrogen) atoms. The van der Waals surface area contributed by atoms with Crippen molar-refractivity contribution < 1.29 is 17.9 Å². The topological polar surface area (TPSA) is 39.1 Å². The highest BCUT2D eigenvalue weighted by Crippen LogP contribution is 2.32. The molecule has 0 spiro atoms. The van der Waals surface area contributed by atoms with Gasteiger partial charge in [0.2, 0.25) is 0 Å². The number of alkyl halides is 3. The molecule has 0 amide bonds. The Hall–Kier alpha value is -1.70. The maximum absolute atomic E-state index is 12.4. The van der Waals surface area contributed by atoms with Gasteiger partial charge in [-0.3, -0.25) is 4.68 Å². The van der Waals surface area contributed by atoms with Gasteiger partial charge in [-0.05, 0) is 24.3 Å². The van der Waals surface area contributed by atoms with Crippen LogP contribution in [0, 0.1) is 0 Å². The molecule has 0 saturated carbocycles. The molecule has 1 aromatic heterocycles. The van der Waals surface area contributed by atoms with Crippen LogP contribution in [0.4, 0.5) is 18.9 Å². The van der Waals surface area contributed by atoms with Gasteiger partial charge in [-0.15, -0.1) is 13.2 Å². The van der Waals surface area contributed by atoms with Gasteiger partial charge >= 0.3 is 6.36 Å². The summed E-state index contributed by atoms with van der Waals surface area (Å²) in [6.07, 6.45) is -2.41. The predicted octanol–water partition coefficient (Wildman–Crippen LogP) is 3.74. The first-order valence-corrected chi connectivity index (χ1v) is 6.90. The van der Waals surface area contributed by atoms with Gasteiger partial charge in [0.05, 0.1) is 5.69 Å². The molecular formula is C13H13BrF3N3O. The zero-order valence-electron chi connectivity index (χ0n) is 11.1. The molecule has 0 atom stereocenters. The van der Waals surface area contributed by atoms with Gasteiger partial charge in [0.25, 0.3) is 0 Å². The molecule has 0 aliphatic carbocycles. The summed E-state index contributed by atoms with van der Waals surface area (Å²) < 4.78 is 43.4. The van der Waals surface area contributed by atoms with Gasteiger partial charge in [0, 0.05) is 36.4 Å². The standard InChI is InChI=1S/C13H13BrF3N3O/c1-20-10(5-7-19-20)4-6-18-11-3-2-9(14)8-12(11)21-13(15,16)17/h2-3,5,7-8,18H,4,6H2,1H3. The lowest BCUT2D eigenvalue weighted by atomic mass is 10.2. The lowest BCUT2D eigenvalue weighted by Gasteiger charge is -2.15. The molecule has 0 fully saturated rings. The number of rotatable bonds is 5. The minimum atomic E-state index is -4.72. The number of aromatic nitrogens is 2. The van der Waals surface area contributed by atoms with Crippen molar-refractivity contribution in [2.24, 2.45) is 7.05 Å². The van der Waals surface area contributed by atoms with Crippen LogP contribution in [0.3, 0.4) is 0 Å². The van der Waals surface area contributed by atoms with Crippen molar-refractivity contribution in [3.05, 3.63) is 40.6 Å². The summed E-state index contributed by atoms with van der Waals surface area (Å²) >= 11 is 3.13. The van der Waals surface area contributed by atoms with E-state index in [-0.39, 0.29) is 11.4 Å². The highest BCUT2D eigenvalue weighted by molar-refractivity contribution is 9.10. The van der Waals surface area contributed by atoms with Crippen LogP contribution in [0.5, 0.6) is 5.75 Å². The van der Waals surface area contributed by atoms with Crippen molar-refractivity contribution in [3.8, 4) is 5.75 Å². The molecule has 2 aromatic rings. The van der Waals surface area contributed by atoms with Crippen LogP contribution in [0.25, 0.3) is 0 Å². The fourth-order valence-corrected chi connectivity index (χ4v) is 2.16. The Bertz CT molecular complexity index is 613. The second-order valence-corrected chi connectivity index (χ2v) is 5.23. The number of hydrogen-bond acceptors (Lipinski definition) is 3. The van der Waals surface area contributed by atoms with Crippen molar-refractivity contribution in [1.82, 2.24) is 9.78 Å². The molecule has 114 valence electrons. The molecular weight excluding hydrogens is 351 g/mol. The van der Waals surface area contributed by atoms with E-state index in [1.807, 2.05) is 13.1 Å². The summed E-state index contributed by atoms with van der Waals surface area (Å²) in [6.45, 7) is 0.468. The Morgan fingerprint density at radius 2 is 2.10 bits per heavy atom. The molecule has 1 aromatic carbocycles. The van der Waals surface area contributed by atoms with E-state index in [9.17, 15) is 13.2 Å². The number of aryl methyl sites for hydroxylation is 1. The Labute approximate surface area is 128 Å². The molecule has 1 N–H and O–H groups in total. The van der Waals surface area contributed by atoms with Crippen LogP contribution >= 0.6 is 15.9 Å². The van der Waals surface area contributed by atoms with E-state index in [0.717, 1.165) is 5.69 Å². The largest absolute Gasteiger partial charge is 0.573 e. The Balaban J connectivity index is 2.04. The number of benzene rings is 1. The van der Waals surface area contributed by atoms with Crippen molar-refractivity contribution in [2.45, 2.75) is 12.8 Å². The maximum atomic E-state index is 12.4. The third-order valence-electron chi connectivity index (χ3n) is 2.79. The predicted molar refractivity (Wildman–Crippen MR) is 76.2 cm³/mol. The third-order valence-corrected chi connectivity index (χ3v) is 3.28. The molecule has 0 radical (unpaired) electrons. The van der Waals surface area contributed by atoms with E-state index < -0.39 is 6.36 Å². The van der Waals surface area contributed by atoms with Crippen LogP contribution in [0.1, 0.15) is 5.69 Å². The quantitative estimate of drug-likeness (QED) is 0.879. The van der Waals surface area contributed by atoms with Gasteiger partial charge in [0.1, 0.15) is 0 Å². The minimum absolute atomic E-state index is 0.262. The molecule has 8 heteroatoms. The van der Waals surface area contributed by atoms with E-state index in [1.165, 1.54) is 12.1 Å². The van der Waals surface area contributed by atoms with Gasteiger partial charge in [0.15, 0.2) is 5.75 Å². The SMILES string of the molecule is Cn1nccc1CCNc1ccc(Br)cc1OC(F)(F)F. The van der Waals surface area contributed by atoms with E-state index in [4.69, 9.17) is 0 Å². The van der Waals surface area contributed by atoms with Gasteiger partial charge in [-0.25, -0.2) is 0 Å². The molecule has 1 heterocycles. The molecule has 0 bridgehead atoms. The highest BCUT2D eigenvalue weighted by Gasteiger charge is 2.32. The summed E-state index contributed by atoms with van der Waals surface area (Å²) in [5.41, 5.74) is 1.27. The number of nitrogens with one attached hydrogen (secondary N) is 1. The first-order chi connectivity index (χ1) is 9.85. The number of halogens is 4. The van der Waals surface area contributed by atoms with Crippen molar-refractivity contribution >= 4 is 21.6 Å². The lowest BCUT2D eigenvalue weighted by Crippen LogP contribution is -2.18. The fraction of sp³-hybridized carbons (Fsp3) is 0.308. The average molecular weight is 364 g/mol. The normalized spacial score (nSPS) is 11.5. The summed E-state index contributed by atoms with van der Waals surface area (Å²) in [5, 5.41) is 6.97. The Morgan fingerprint density at radius 3 is 2.71 bits per heavy atom. The lowest BCUT2D eigenvalue weighted by molar-refractivity contribution is -0.274. The third kappa shape index (κ3) is 4.66. The van der Waals surface area contributed by atoms with Gasteiger partial charge in [-0.1, -0.05) is 15.9 Å². The minimum Gasteiger partial charge on any atom is -0.404 e. The zero-order chi connectivity index (χ0) is 15.5. The fourth-order valence-electron chi connectivity index (χ4n) is 1.82. The van der Waals surface area contributed by atoms with E-state index >= 15 is 0 Å². The number of ether oxygens (including phenoxy) is 1. The second-order valence-electron chi connectivity index (χ2n) is 4.31. The smallest absolute Gasteiger partial charge is 0.404 e. The Morgan fingerprint density at radius 1 is 1.33 bits per heavy atom. The van der Waals surface area contributed by atoms with Crippen molar-refractivity contribution in [3.63, 3.8) is 0 Å². The van der Waals surface area contributed by atoms with Crippen molar-refractivity contribution in [1.29, 1.82) is 0 Å². The zero-order valence-corrected chi connectivity index (χ0v) is 12.7. The molecule has 0 saturated heterocycles. The summed E-state index contributed by atoms with van der Waals surface area (Å²) in [7, 11) is 1.81. The van der Waals surface area contributed by atoms with E-state index in [2.05, 4.69) is 31.1 Å². The highest BCUT2D eigenvalue weighted by atomic mass is 79.9. The van der Waals surface area contributed by atoms with Gasteiger partial charge in [-0.2, -0.15) is 5.10 Å².